The summed E-state index contributed by atoms with van der Waals surface area (Å²) in [4.78, 5) is 4.93. The molecule has 8 nitrogen and oxygen atoms in total. The monoisotopic (exact) mass is 449 g/mol. The maximum absolute atomic E-state index is 12.8. The summed E-state index contributed by atoms with van der Waals surface area (Å²) in [5.41, 5.74) is 0.576. The molecule has 0 unspecified atom stereocenters. The second kappa shape index (κ2) is 9.85. The first-order valence-electron chi connectivity index (χ1n) is 9.95. The van der Waals surface area contributed by atoms with Gasteiger partial charge in [0.1, 0.15) is 0 Å². The normalized spacial score (nSPS) is 16.1. The fraction of sp³-hybridized carbons (Fsp3) is 0.500. The molecule has 0 spiro atoms. The Hall–Kier alpha value is -2.03. The van der Waals surface area contributed by atoms with Crippen LogP contribution in [0.15, 0.2) is 33.6 Å². The second-order valence-electron chi connectivity index (χ2n) is 7.03. The third kappa shape index (κ3) is 4.99. The number of hydrogen-bond acceptors (Lipinski definition) is 7. The van der Waals surface area contributed by atoms with Crippen molar-refractivity contribution < 1.29 is 12.8 Å². The summed E-state index contributed by atoms with van der Waals surface area (Å²) in [7, 11) is -3.56. The summed E-state index contributed by atoms with van der Waals surface area (Å²) < 4.78 is 34.4. The zero-order valence-electron chi connectivity index (χ0n) is 17.3. The molecule has 0 atom stereocenters. The summed E-state index contributed by atoms with van der Waals surface area (Å²) in [6, 6.07) is 6.62. The number of terminal acetylenes is 1. The first kappa shape index (κ1) is 22.7. The lowest BCUT2D eigenvalue weighted by molar-refractivity contribution is 0.110. The molecule has 1 aliphatic rings. The SMILES string of the molecule is C#CCN1CCN(Cn2nc(-c3cccc(S(=O)(=O)N(CC)CC)c3)oc2=S)CC1. The van der Waals surface area contributed by atoms with Crippen LogP contribution in [0.3, 0.4) is 0 Å². The van der Waals surface area contributed by atoms with Crippen molar-refractivity contribution in [3.8, 4) is 23.8 Å². The number of rotatable bonds is 8. The Labute approximate surface area is 183 Å². The molecule has 30 heavy (non-hydrogen) atoms. The average molecular weight is 450 g/mol. The zero-order chi connectivity index (χ0) is 21.7. The van der Waals surface area contributed by atoms with Crippen molar-refractivity contribution in [1.29, 1.82) is 0 Å². The van der Waals surface area contributed by atoms with Gasteiger partial charge in [0.25, 0.3) is 4.84 Å². The fourth-order valence-electron chi connectivity index (χ4n) is 3.42. The summed E-state index contributed by atoms with van der Waals surface area (Å²) in [5, 5.41) is 4.49. The van der Waals surface area contributed by atoms with Gasteiger partial charge in [-0.3, -0.25) is 9.80 Å². The first-order chi connectivity index (χ1) is 14.4. The predicted molar refractivity (Wildman–Crippen MR) is 118 cm³/mol. The van der Waals surface area contributed by atoms with Gasteiger partial charge in [0, 0.05) is 44.8 Å². The molecule has 1 aromatic heterocycles. The van der Waals surface area contributed by atoms with Crippen LogP contribution in [0.5, 0.6) is 0 Å². The Kier molecular flexibility index (Phi) is 7.44. The third-order valence-corrected chi connectivity index (χ3v) is 7.48. The minimum atomic E-state index is -3.56. The summed E-state index contributed by atoms with van der Waals surface area (Å²) in [6.45, 7) is 9.15. The van der Waals surface area contributed by atoms with E-state index in [0.29, 0.717) is 37.8 Å². The maximum atomic E-state index is 12.8. The van der Waals surface area contributed by atoms with Crippen molar-refractivity contribution in [3.63, 3.8) is 0 Å². The van der Waals surface area contributed by atoms with E-state index in [0.717, 1.165) is 26.2 Å². The van der Waals surface area contributed by atoms with Gasteiger partial charge >= 0.3 is 0 Å². The summed E-state index contributed by atoms with van der Waals surface area (Å²) >= 11 is 5.34. The van der Waals surface area contributed by atoms with Gasteiger partial charge in [-0.2, -0.15) is 4.31 Å². The Bertz CT molecular complexity index is 1060. The highest BCUT2D eigenvalue weighted by Crippen LogP contribution is 2.23. The van der Waals surface area contributed by atoms with Crippen molar-refractivity contribution in [1.82, 2.24) is 23.9 Å². The van der Waals surface area contributed by atoms with Gasteiger partial charge in [0.2, 0.25) is 15.9 Å². The standard InChI is InChI=1S/C20H27N5O3S2/c1-4-10-22-11-13-23(14-12-22)16-25-20(29)28-19(21-25)17-8-7-9-18(15-17)30(26,27)24(5-2)6-3/h1,7-9,15H,5-6,10-14,16H2,2-3H3. The lowest BCUT2D eigenvalue weighted by Gasteiger charge is -2.33. The maximum Gasteiger partial charge on any atom is 0.288 e. The van der Waals surface area contributed by atoms with Gasteiger partial charge in [0.15, 0.2) is 0 Å². The molecule has 0 amide bonds. The zero-order valence-corrected chi connectivity index (χ0v) is 19.0. The Balaban J connectivity index is 1.77. The van der Waals surface area contributed by atoms with E-state index in [1.54, 1.807) is 28.9 Å². The van der Waals surface area contributed by atoms with E-state index in [-0.39, 0.29) is 9.73 Å². The Morgan fingerprint density at radius 2 is 1.87 bits per heavy atom. The molecule has 1 aromatic carbocycles. The molecule has 10 heteroatoms. The molecule has 0 N–H and O–H groups in total. The highest BCUT2D eigenvalue weighted by atomic mass is 32.2. The molecule has 162 valence electrons. The molecule has 0 bridgehead atoms. The average Bonchev–Trinajstić information content (AvgIpc) is 3.11. The molecule has 1 saturated heterocycles. The van der Waals surface area contributed by atoms with E-state index >= 15 is 0 Å². The van der Waals surface area contributed by atoms with Crippen molar-refractivity contribution in [3.05, 3.63) is 29.1 Å². The van der Waals surface area contributed by atoms with Crippen LogP contribution in [0.25, 0.3) is 11.5 Å². The summed E-state index contributed by atoms with van der Waals surface area (Å²) in [6.07, 6.45) is 5.38. The topological polar surface area (TPSA) is 74.8 Å². The summed E-state index contributed by atoms with van der Waals surface area (Å²) in [5.74, 6) is 2.98. The minimum absolute atomic E-state index is 0.212. The molecule has 2 heterocycles. The van der Waals surface area contributed by atoms with Crippen LogP contribution in [0.2, 0.25) is 0 Å². The first-order valence-corrected chi connectivity index (χ1v) is 11.8. The van der Waals surface area contributed by atoms with E-state index in [4.69, 9.17) is 23.1 Å². The number of hydrogen-bond donors (Lipinski definition) is 0. The molecular weight excluding hydrogens is 422 g/mol. The number of piperazine rings is 1. The molecule has 2 aromatic rings. The quantitative estimate of drug-likeness (QED) is 0.451. The number of nitrogens with zero attached hydrogens (tertiary/aromatic N) is 5. The van der Waals surface area contributed by atoms with Gasteiger partial charge in [-0.05, 0) is 30.4 Å². The van der Waals surface area contributed by atoms with Gasteiger partial charge in [-0.15, -0.1) is 11.5 Å². The van der Waals surface area contributed by atoms with Crippen molar-refractivity contribution in [2.24, 2.45) is 0 Å². The molecule has 1 fully saturated rings. The highest BCUT2D eigenvalue weighted by Gasteiger charge is 2.23. The smallest absolute Gasteiger partial charge is 0.288 e. The minimum Gasteiger partial charge on any atom is -0.409 e. The molecule has 0 saturated carbocycles. The largest absolute Gasteiger partial charge is 0.409 e. The molecule has 0 aliphatic carbocycles. The molecule has 0 radical (unpaired) electrons. The fourth-order valence-corrected chi connectivity index (χ4v) is 5.10. The van der Waals surface area contributed by atoms with Crippen molar-refractivity contribution >= 4 is 22.2 Å². The Morgan fingerprint density at radius 3 is 2.50 bits per heavy atom. The van der Waals surface area contributed by atoms with Gasteiger partial charge in [0.05, 0.1) is 18.1 Å². The lowest BCUT2D eigenvalue weighted by atomic mass is 10.2. The van der Waals surface area contributed by atoms with Crippen LogP contribution in [0.4, 0.5) is 0 Å². The van der Waals surface area contributed by atoms with E-state index in [1.807, 2.05) is 13.8 Å². The molecule has 1 aliphatic heterocycles. The Morgan fingerprint density at radius 1 is 1.20 bits per heavy atom. The number of sulfonamides is 1. The van der Waals surface area contributed by atoms with Crippen LogP contribution in [-0.4, -0.2) is 78.1 Å². The molecular formula is C20H27N5O3S2. The van der Waals surface area contributed by atoms with Gasteiger partial charge < -0.3 is 4.42 Å². The lowest BCUT2D eigenvalue weighted by Crippen LogP contribution is -2.46. The predicted octanol–water partition coefficient (Wildman–Crippen LogP) is 2.11. The highest BCUT2D eigenvalue weighted by molar-refractivity contribution is 7.89. The van der Waals surface area contributed by atoms with Crippen LogP contribution >= 0.6 is 12.2 Å². The van der Waals surface area contributed by atoms with E-state index in [9.17, 15) is 8.42 Å². The van der Waals surface area contributed by atoms with E-state index < -0.39 is 10.0 Å². The third-order valence-electron chi connectivity index (χ3n) is 5.14. The van der Waals surface area contributed by atoms with Crippen molar-refractivity contribution in [2.45, 2.75) is 25.4 Å². The van der Waals surface area contributed by atoms with E-state index in [2.05, 4.69) is 20.8 Å². The van der Waals surface area contributed by atoms with Crippen LogP contribution in [0.1, 0.15) is 13.8 Å². The van der Waals surface area contributed by atoms with Gasteiger partial charge in [-0.1, -0.05) is 25.8 Å². The second-order valence-corrected chi connectivity index (χ2v) is 9.32. The van der Waals surface area contributed by atoms with Crippen molar-refractivity contribution in [2.75, 3.05) is 45.8 Å². The number of aromatic nitrogens is 2. The van der Waals surface area contributed by atoms with Gasteiger partial charge in [-0.25, -0.2) is 13.1 Å². The molecule has 3 rings (SSSR count). The van der Waals surface area contributed by atoms with Crippen LogP contribution in [0, 0.1) is 17.2 Å². The van der Waals surface area contributed by atoms with E-state index in [1.165, 1.54) is 4.31 Å². The van der Waals surface area contributed by atoms with Crippen LogP contribution < -0.4 is 0 Å². The number of benzene rings is 1. The van der Waals surface area contributed by atoms with Crippen LogP contribution in [-0.2, 0) is 16.7 Å².